The minimum atomic E-state index is 0. The van der Waals surface area contributed by atoms with Gasteiger partial charge in [-0.3, -0.25) is 0 Å². The molecule has 4 N–H and O–H groups in total. The van der Waals surface area contributed by atoms with Gasteiger partial charge < -0.3 is 11.5 Å². The maximum Gasteiger partial charge on any atom is 2.00 e. The van der Waals surface area contributed by atoms with E-state index in [1.165, 1.54) is 0 Å². The van der Waals surface area contributed by atoms with Gasteiger partial charge in [0.1, 0.15) is 0 Å². The van der Waals surface area contributed by atoms with E-state index < -0.39 is 0 Å². The second kappa shape index (κ2) is 8.61. The van der Waals surface area contributed by atoms with Gasteiger partial charge in [0.05, 0.1) is 0 Å². The van der Waals surface area contributed by atoms with Crippen LogP contribution in [0.25, 0.3) is 0 Å². The Labute approximate surface area is 71.6 Å². The van der Waals surface area contributed by atoms with Gasteiger partial charge in [-0.15, -0.1) is 0 Å². The first-order chi connectivity index (χ1) is 3.85. The minimum Gasteiger partial charge on any atom is -0.330 e. The summed E-state index contributed by atoms with van der Waals surface area (Å²) in [5, 5.41) is 0. The molecule has 2 nitrogen and oxygen atoms in total. The molecule has 58 valence electrons. The molecule has 0 saturated heterocycles. The number of rotatable bonds is 4. The van der Waals surface area contributed by atoms with Gasteiger partial charge in [-0.05, 0) is 25.4 Å². The van der Waals surface area contributed by atoms with Crippen molar-refractivity contribution in [2.24, 2.45) is 17.4 Å². The van der Waals surface area contributed by atoms with Gasteiger partial charge in [-0.1, -0.05) is 13.3 Å². The van der Waals surface area contributed by atoms with E-state index in [0.29, 0.717) is 5.92 Å². The van der Waals surface area contributed by atoms with Gasteiger partial charge >= 0.3 is 21.1 Å². The Kier molecular flexibility index (Phi) is 11.8. The molecule has 3 heteroatoms. The Bertz CT molecular complexity index is 46.3. The van der Waals surface area contributed by atoms with Crippen LogP contribution < -0.4 is 11.5 Å². The van der Waals surface area contributed by atoms with Crippen LogP contribution in [0.15, 0.2) is 0 Å². The van der Waals surface area contributed by atoms with Crippen LogP contribution in [0.5, 0.6) is 0 Å². The van der Waals surface area contributed by atoms with E-state index >= 15 is 0 Å². The third kappa shape index (κ3) is 6.49. The SMILES string of the molecule is CCC(CN)CCN.[Pt+2]. The molecular weight excluding hydrogens is 295 g/mol. The predicted molar refractivity (Wildman–Crippen MR) is 36.5 cm³/mol. The topological polar surface area (TPSA) is 52.0 Å². The van der Waals surface area contributed by atoms with Gasteiger partial charge in [-0.25, -0.2) is 0 Å². The zero-order valence-corrected chi connectivity index (χ0v) is 8.15. The summed E-state index contributed by atoms with van der Waals surface area (Å²) < 4.78 is 0. The van der Waals surface area contributed by atoms with E-state index in [9.17, 15) is 0 Å². The summed E-state index contributed by atoms with van der Waals surface area (Å²) in [6.07, 6.45) is 2.24. The third-order valence-electron chi connectivity index (χ3n) is 1.49. The zero-order chi connectivity index (χ0) is 6.41. The molecule has 9 heavy (non-hydrogen) atoms. The van der Waals surface area contributed by atoms with Crippen molar-refractivity contribution >= 4 is 0 Å². The average molecular weight is 311 g/mol. The van der Waals surface area contributed by atoms with E-state index in [1.807, 2.05) is 0 Å². The summed E-state index contributed by atoms with van der Waals surface area (Å²) in [5.41, 5.74) is 10.7. The van der Waals surface area contributed by atoms with Crippen molar-refractivity contribution in [2.75, 3.05) is 13.1 Å². The first-order valence-electron chi connectivity index (χ1n) is 3.25. The summed E-state index contributed by atoms with van der Waals surface area (Å²) >= 11 is 0. The molecule has 0 aliphatic rings. The first-order valence-corrected chi connectivity index (χ1v) is 3.25. The summed E-state index contributed by atoms with van der Waals surface area (Å²) in [6.45, 7) is 3.70. The molecule has 0 radical (unpaired) electrons. The zero-order valence-electron chi connectivity index (χ0n) is 5.88. The molecule has 0 saturated carbocycles. The van der Waals surface area contributed by atoms with E-state index in [-0.39, 0.29) is 21.1 Å². The quantitative estimate of drug-likeness (QED) is 0.785. The maximum atomic E-state index is 5.41. The maximum absolute atomic E-state index is 5.41. The molecule has 0 bridgehead atoms. The van der Waals surface area contributed by atoms with Crippen LogP contribution in [0.4, 0.5) is 0 Å². The number of nitrogens with two attached hydrogens (primary N) is 2. The molecule has 0 heterocycles. The van der Waals surface area contributed by atoms with Crippen molar-refractivity contribution in [2.45, 2.75) is 19.8 Å². The average Bonchev–Trinajstić information content (AvgIpc) is 1.83. The van der Waals surface area contributed by atoms with E-state index in [4.69, 9.17) is 11.5 Å². The molecule has 0 fully saturated rings. The second-order valence-electron chi connectivity index (χ2n) is 2.09. The molecule has 0 aromatic carbocycles. The van der Waals surface area contributed by atoms with Crippen molar-refractivity contribution in [3.63, 3.8) is 0 Å². The van der Waals surface area contributed by atoms with Gasteiger partial charge in [0.2, 0.25) is 0 Å². The van der Waals surface area contributed by atoms with E-state index in [0.717, 1.165) is 25.9 Å². The fourth-order valence-corrected chi connectivity index (χ4v) is 0.724. The number of hydrogen-bond donors (Lipinski definition) is 2. The second-order valence-corrected chi connectivity index (χ2v) is 2.09. The normalized spacial score (nSPS) is 12.3. The summed E-state index contributed by atoms with van der Waals surface area (Å²) in [5.74, 6) is 0.653. The molecular formula is C6H16N2Pt+2. The molecule has 1 atom stereocenters. The molecule has 0 rings (SSSR count). The fraction of sp³-hybridized carbons (Fsp3) is 1.00. The van der Waals surface area contributed by atoms with Crippen LogP contribution >= 0.6 is 0 Å². The standard InChI is InChI=1S/C6H16N2.Pt/c1-2-6(5-8)3-4-7;/h6H,2-5,7-8H2,1H3;/q;+2. The summed E-state index contributed by atoms with van der Waals surface area (Å²) in [4.78, 5) is 0. The minimum absolute atomic E-state index is 0. The van der Waals surface area contributed by atoms with Crippen LogP contribution in [-0.2, 0) is 21.1 Å². The van der Waals surface area contributed by atoms with Crippen LogP contribution in [-0.4, -0.2) is 13.1 Å². The van der Waals surface area contributed by atoms with E-state index in [1.54, 1.807) is 0 Å². The van der Waals surface area contributed by atoms with Crippen molar-refractivity contribution < 1.29 is 21.1 Å². The van der Waals surface area contributed by atoms with Gasteiger partial charge in [-0.2, -0.15) is 0 Å². The van der Waals surface area contributed by atoms with Crippen LogP contribution in [0.1, 0.15) is 19.8 Å². The Morgan fingerprint density at radius 3 is 2.00 bits per heavy atom. The fourth-order valence-electron chi connectivity index (χ4n) is 0.724. The largest absolute Gasteiger partial charge is 2.00 e. The van der Waals surface area contributed by atoms with Crippen LogP contribution in [0.2, 0.25) is 0 Å². The van der Waals surface area contributed by atoms with E-state index in [2.05, 4.69) is 6.92 Å². The Morgan fingerprint density at radius 2 is 1.89 bits per heavy atom. The van der Waals surface area contributed by atoms with Crippen molar-refractivity contribution in [1.29, 1.82) is 0 Å². The van der Waals surface area contributed by atoms with Crippen LogP contribution in [0.3, 0.4) is 0 Å². The molecule has 1 unspecified atom stereocenters. The van der Waals surface area contributed by atoms with Crippen molar-refractivity contribution in [1.82, 2.24) is 0 Å². The first kappa shape index (κ1) is 12.3. The van der Waals surface area contributed by atoms with Gasteiger partial charge in [0.25, 0.3) is 0 Å². The van der Waals surface area contributed by atoms with Crippen LogP contribution in [0, 0.1) is 5.92 Å². The molecule has 0 amide bonds. The smallest absolute Gasteiger partial charge is 0.330 e. The van der Waals surface area contributed by atoms with Crippen molar-refractivity contribution in [3.05, 3.63) is 0 Å². The molecule has 0 aliphatic carbocycles. The molecule has 0 spiro atoms. The van der Waals surface area contributed by atoms with Gasteiger partial charge in [0.15, 0.2) is 0 Å². The summed E-state index contributed by atoms with van der Waals surface area (Å²) in [7, 11) is 0. The predicted octanol–water partition coefficient (Wildman–Crippen LogP) is 0.318. The molecule has 0 aromatic heterocycles. The third-order valence-corrected chi connectivity index (χ3v) is 1.49. The van der Waals surface area contributed by atoms with Crippen molar-refractivity contribution in [3.8, 4) is 0 Å². The number of hydrogen-bond acceptors (Lipinski definition) is 2. The van der Waals surface area contributed by atoms with Gasteiger partial charge in [0, 0.05) is 0 Å². The molecule has 0 aliphatic heterocycles. The Balaban J connectivity index is 0. The summed E-state index contributed by atoms with van der Waals surface area (Å²) in [6, 6.07) is 0. The monoisotopic (exact) mass is 311 g/mol. The Hall–Kier alpha value is 0.608. The molecule has 0 aromatic rings. The Morgan fingerprint density at radius 1 is 1.33 bits per heavy atom.